The Morgan fingerprint density at radius 3 is 2.78 bits per heavy atom. The minimum absolute atomic E-state index is 0.753. The van der Waals surface area contributed by atoms with Gasteiger partial charge in [-0.05, 0) is 38.9 Å². The molecule has 1 aromatic rings. The van der Waals surface area contributed by atoms with E-state index in [-0.39, 0.29) is 0 Å². The van der Waals surface area contributed by atoms with Gasteiger partial charge in [0.15, 0.2) is 0 Å². The molecule has 2 rings (SSSR count). The van der Waals surface area contributed by atoms with Crippen LogP contribution in [0.15, 0.2) is 12.1 Å². The molecule has 18 heavy (non-hydrogen) atoms. The van der Waals surface area contributed by atoms with Crippen LogP contribution in [0.25, 0.3) is 0 Å². The van der Waals surface area contributed by atoms with Crippen LogP contribution < -0.4 is 11.1 Å². The Balaban J connectivity index is 1.75. The third kappa shape index (κ3) is 3.35. The predicted octanol–water partition coefficient (Wildman–Crippen LogP) is 2.26. The molecule has 0 bridgehead atoms. The van der Waals surface area contributed by atoms with Crippen molar-refractivity contribution < 1.29 is 0 Å². The van der Waals surface area contributed by atoms with Crippen molar-refractivity contribution in [2.24, 2.45) is 0 Å². The number of pyridine rings is 1. The van der Waals surface area contributed by atoms with E-state index in [1.54, 1.807) is 0 Å². The smallest absolute Gasteiger partial charge is 0.126 e. The average molecular weight is 248 g/mol. The van der Waals surface area contributed by atoms with E-state index in [2.05, 4.69) is 22.2 Å². The normalized spacial score (nSPS) is 16.4. The van der Waals surface area contributed by atoms with Crippen molar-refractivity contribution in [1.82, 2.24) is 9.88 Å². The second-order valence-electron chi connectivity index (χ2n) is 5.22. The monoisotopic (exact) mass is 248 g/mol. The number of hydrogen-bond acceptors (Lipinski definition) is 4. The van der Waals surface area contributed by atoms with E-state index in [9.17, 15) is 0 Å². The number of hydrogen-bond donors (Lipinski definition) is 2. The molecule has 1 fully saturated rings. The van der Waals surface area contributed by atoms with Crippen molar-refractivity contribution in [3.8, 4) is 0 Å². The Bertz CT molecular complexity index is 385. The molecule has 0 aliphatic heterocycles. The highest BCUT2D eigenvalue weighted by Gasteiger charge is 2.18. The molecular formula is C14H24N4. The third-order valence-electron chi connectivity index (χ3n) is 3.85. The fraction of sp³-hybridized carbons (Fsp3) is 0.643. The lowest BCUT2D eigenvalue weighted by molar-refractivity contribution is 0.254. The molecule has 0 radical (unpaired) electrons. The fourth-order valence-electron chi connectivity index (χ4n) is 2.56. The Morgan fingerprint density at radius 2 is 2.11 bits per heavy atom. The maximum absolute atomic E-state index is 5.75. The molecule has 100 valence electrons. The summed E-state index contributed by atoms with van der Waals surface area (Å²) in [6.07, 6.45) is 5.49. The topological polar surface area (TPSA) is 54.2 Å². The number of aryl methyl sites for hydroxylation is 1. The molecule has 0 amide bonds. The van der Waals surface area contributed by atoms with Gasteiger partial charge in [0.05, 0.1) is 11.4 Å². The summed E-state index contributed by atoms with van der Waals surface area (Å²) in [7, 11) is 2.22. The van der Waals surface area contributed by atoms with Gasteiger partial charge in [0.25, 0.3) is 0 Å². The van der Waals surface area contributed by atoms with Crippen LogP contribution in [0.2, 0.25) is 0 Å². The van der Waals surface area contributed by atoms with Gasteiger partial charge in [-0.2, -0.15) is 0 Å². The van der Waals surface area contributed by atoms with Crippen LogP contribution >= 0.6 is 0 Å². The van der Waals surface area contributed by atoms with E-state index in [4.69, 9.17) is 5.73 Å². The summed E-state index contributed by atoms with van der Waals surface area (Å²) in [6.45, 7) is 3.93. The van der Waals surface area contributed by atoms with Crippen LogP contribution in [0.5, 0.6) is 0 Å². The SMILES string of the molecule is Cc1nc(NCCN(C)C2CCCC2)ccc1N. The Kier molecular flexibility index (Phi) is 4.42. The second kappa shape index (κ2) is 6.05. The molecule has 1 aromatic heterocycles. The van der Waals surface area contributed by atoms with Crippen molar-refractivity contribution >= 4 is 11.5 Å². The standard InChI is InChI=1S/C14H24N4/c1-11-13(15)7-8-14(17-11)16-9-10-18(2)12-5-3-4-6-12/h7-8,12H,3-6,9-10,15H2,1-2H3,(H,16,17). The molecule has 1 saturated carbocycles. The molecule has 0 atom stereocenters. The first-order valence-corrected chi connectivity index (χ1v) is 6.84. The fourth-order valence-corrected chi connectivity index (χ4v) is 2.56. The van der Waals surface area contributed by atoms with Gasteiger partial charge < -0.3 is 16.0 Å². The summed E-state index contributed by atoms with van der Waals surface area (Å²) in [4.78, 5) is 6.87. The van der Waals surface area contributed by atoms with Crippen LogP contribution in [0.3, 0.4) is 0 Å². The van der Waals surface area contributed by atoms with Gasteiger partial charge in [-0.3, -0.25) is 0 Å². The van der Waals surface area contributed by atoms with Crippen molar-refractivity contribution in [1.29, 1.82) is 0 Å². The second-order valence-corrected chi connectivity index (χ2v) is 5.22. The summed E-state index contributed by atoms with van der Waals surface area (Å²) >= 11 is 0. The summed E-state index contributed by atoms with van der Waals surface area (Å²) in [6, 6.07) is 4.64. The summed E-state index contributed by atoms with van der Waals surface area (Å²) < 4.78 is 0. The van der Waals surface area contributed by atoms with Crippen LogP contribution in [0.4, 0.5) is 11.5 Å². The first kappa shape index (κ1) is 13.1. The molecule has 4 heteroatoms. The lowest BCUT2D eigenvalue weighted by Gasteiger charge is -2.24. The van der Waals surface area contributed by atoms with Crippen LogP contribution in [0, 0.1) is 6.92 Å². The highest BCUT2D eigenvalue weighted by Crippen LogP contribution is 2.22. The lowest BCUT2D eigenvalue weighted by Crippen LogP contribution is -2.33. The number of rotatable bonds is 5. The van der Waals surface area contributed by atoms with Gasteiger partial charge in [-0.25, -0.2) is 4.98 Å². The maximum Gasteiger partial charge on any atom is 0.126 e. The number of anilines is 2. The number of likely N-dealkylation sites (N-methyl/N-ethyl adjacent to an activating group) is 1. The van der Waals surface area contributed by atoms with Gasteiger partial charge in [0.2, 0.25) is 0 Å². The van der Waals surface area contributed by atoms with Gasteiger partial charge in [-0.15, -0.1) is 0 Å². The number of aromatic nitrogens is 1. The molecule has 4 nitrogen and oxygen atoms in total. The quantitative estimate of drug-likeness (QED) is 0.839. The summed E-state index contributed by atoms with van der Waals surface area (Å²) in [5, 5.41) is 3.36. The number of nitrogen functional groups attached to an aromatic ring is 1. The van der Waals surface area contributed by atoms with Gasteiger partial charge >= 0.3 is 0 Å². The van der Waals surface area contributed by atoms with Crippen molar-refractivity contribution in [2.75, 3.05) is 31.2 Å². The van der Waals surface area contributed by atoms with Crippen LogP contribution in [-0.2, 0) is 0 Å². The molecule has 0 saturated heterocycles. The number of nitrogens with two attached hydrogens (primary N) is 1. The van der Waals surface area contributed by atoms with E-state index in [1.807, 2.05) is 19.1 Å². The molecule has 0 aromatic carbocycles. The minimum Gasteiger partial charge on any atom is -0.397 e. The summed E-state index contributed by atoms with van der Waals surface area (Å²) in [5.74, 6) is 0.918. The molecule has 1 aliphatic rings. The van der Waals surface area contributed by atoms with Crippen molar-refractivity contribution in [3.63, 3.8) is 0 Å². The Hall–Kier alpha value is -1.29. The molecule has 1 aliphatic carbocycles. The largest absolute Gasteiger partial charge is 0.397 e. The zero-order valence-corrected chi connectivity index (χ0v) is 11.4. The first-order valence-electron chi connectivity index (χ1n) is 6.84. The molecular weight excluding hydrogens is 224 g/mol. The minimum atomic E-state index is 0.753. The van der Waals surface area contributed by atoms with Crippen LogP contribution in [-0.4, -0.2) is 36.1 Å². The van der Waals surface area contributed by atoms with Crippen molar-refractivity contribution in [2.45, 2.75) is 38.6 Å². The average Bonchev–Trinajstić information content (AvgIpc) is 2.87. The van der Waals surface area contributed by atoms with E-state index in [0.29, 0.717) is 0 Å². The maximum atomic E-state index is 5.75. The van der Waals surface area contributed by atoms with Gasteiger partial charge in [0, 0.05) is 19.1 Å². The molecule has 0 spiro atoms. The number of nitrogens with one attached hydrogen (secondary N) is 1. The predicted molar refractivity (Wildman–Crippen MR) is 76.8 cm³/mol. The van der Waals surface area contributed by atoms with Gasteiger partial charge in [-0.1, -0.05) is 12.8 Å². The lowest BCUT2D eigenvalue weighted by atomic mass is 10.2. The molecule has 1 heterocycles. The third-order valence-corrected chi connectivity index (χ3v) is 3.85. The first-order chi connectivity index (χ1) is 8.66. The zero-order valence-electron chi connectivity index (χ0n) is 11.4. The van der Waals surface area contributed by atoms with E-state index in [1.165, 1.54) is 25.7 Å². The molecule has 3 N–H and O–H groups in total. The van der Waals surface area contributed by atoms with E-state index >= 15 is 0 Å². The van der Waals surface area contributed by atoms with Crippen LogP contribution in [0.1, 0.15) is 31.4 Å². The zero-order chi connectivity index (χ0) is 13.0. The van der Waals surface area contributed by atoms with Crippen molar-refractivity contribution in [3.05, 3.63) is 17.8 Å². The highest BCUT2D eigenvalue weighted by atomic mass is 15.1. The van der Waals surface area contributed by atoms with Gasteiger partial charge in [0.1, 0.15) is 5.82 Å². The molecule has 0 unspecified atom stereocenters. The highest BCUT2D eigenvalue weighted by molar-refractivity contribution is 5.48. The van der Waals surface area contributed by atoms with E-state index in [0.717, 1.165) is 36.3 Å². The van der Waals surface area contributed by atoms with E-state index < -0.39 is 0 Å². The Labute approximate surface area is 110 Å². The summed E-state index contributed by atoms with van der Waals surface area (Å²) in [5.41, 5.74) is 7.40. The Morgan fingerprint density at radius 1 is 1.39 bits per heavy atom. The number of nitrogens with zero attached hydrogens (tertiary/aromatic N) is 2.